The molecule has 0 amide bonds. The first kappa shape index (κ1) is 12.5. The second kappa shape index (κ2) is 5.56. The zero-order valence-electron chi connectivity index (χ0n) is 9.56. The minimum Gasteiger partial charge on any atom is -0.489 e. The summed E-state index contributed by atoms with van der Waals surface area (Å²) in [5.74, 6) is 0.719. The lowest BCUT2D eigenvalue weighted by Gasteiger charge is -2.08. The molecule has 3 nitrogen and oxygen atoms in total. The fraction of sp³-hybridized carbons (Fsp3) is 0.0714. The van der Waals surface area contributed by atoms with E-state index in [9.17, 15) is 0 Å². The first-order chi connectivity index (χ1) is 8.69. The van der Waals surface area contributed by atoms with Crippen LogP contribution < -0.4 is 10.5 Å². The molecule has 2 aromatic rings. The Morgan fingerprint density at radius 3 is 2.50 bits per heavy atom. The van der Waals surface area contributed by atoms with Gasteiger partial charge in [-0.25, -0.2) is 0 Å². The van der Waals surface area contributed by atoms with Gasteiger partial charge in [0.25, 0.3) is 0 Å². The summed E-state index contributed by atoms with van der Waals surface area (Å²) in [5.41, 5.74) is 8.12. The van der Waals surface area contributed by atoms with Crippen molar-refractivity contribution in [1.82, 2.24) is 0 Å². The van der Waals surface area contributed by atoms with Crippen molar-refractivity contribution in [3.05, 3.63) is 58.1 Å². The zero-order valence-corrected chi connectivity index (χ0v) is 11.1. The van der Waals surface area contributed by atoms with Crippen molar-refractivity contribution >= 4 is 21.6 Å². The minimum absolute atomic E-state index is 0.408. The Hall–Kier alpha value is -1.99. The highest BCUT2D eigenvalue weighted by Crippen LogP contribution is 2.20. The summed E-state index contributed by atoms with van der Waals surface area (Å²) < 4.78 is 6.55. The number of nitrogens with zero attached hydrogens (tertiary/aromatic N) is 1. The van der Waals surface area contributed by atoms with Gasteiger partial charge in [0.05, 0.1) is 11.6 Å². The monoisotopic (exact) mass is 302 g/mol. The number of hydrogen-bond donors (Lipinski definition) is 1. The summed E-state index contributed by atoms with van der Waals surface area (Å²) in [7, 11) is 0. The van der Waals surface area contributed by atoms with Gasteiger partial charge in [0.15, 0.2) is 0 Å². The first-order valence-electron chi connectivity index (χ1n) is 5.36. The Balaban J connectivity index is 2.04. The number of nitrogens with two attached hydrogens (primary N) is 1. The third-order valence-electron chi connectivity index (χ3n) is 2.49. The molecule has 0 atom stereocenters. The van der Waals surface area contributed by atoms with Gasteiger partial charge in [-0.2, -0.15) is 5.26 Å². The van der Waals surface area contributed by atoms with E-state index in [0.29, 0.717) is 17.9 Å². The van der Waals surface area contributed by atoms with Gasteiger partial charge in [-0.1, -0.05) is 22.0 Å². The van der Waals surface area contributed by atoms with Gasteiger partial charge in [0.1, 0.15) is 12.4 Å². The largest absolute Gasteiger partial charge is 0.489 e. The molecule has 90 valence electrons. The van der Waals surface area contributed by atoms with Crippen LogP contribution >= 0.6 is 15.9 Å². The maximum atomic E-state index is 8.69. The molecule has 0 saturated heterocycles. The van der Waals surface area contributed by atoms with Crippen LogP contribution in [0.25, 0.3) is 0 Å². The Labute approximate surface area is 114 Å². The fourth-order valence-corrected chi connectivity index (χ4v) is 1.86. The number of benzene rings is 2. The average molecular weight is 303 g/mol. The maximum absolute atomic E-state index is 8.69. The van der Waals surface area contributed by atoms with Crippen LogP contribution in [-0.4, -0.2) is 0 Å². The molecule has 2 N–H and O–H groups in total. The smallest absolute Gasteiger partial charge is 0.119 e. The molecule has 0 spiro atoms. The lowest BCUT2D eigenvalue weighted by molar-refractivity contribution is 0.307. The van der Waals surface area contributed by atoms with E-state index < -0.39 is 0 Å². The van der Waals surface area contributed by atoms with Crippen LogP contribution in [0.5, 0.6) is 5.75 Å². The van der Waals surface area contributed by atoms with Crippen molar-refractivity contribution in [1.29, 1.82) is 5.26 Å². The van der Waals surface area contributed by atoms with Crippen LogP contribution in [0.4, 0.5) is 5.69 Å². The summed E-state index contributed by atoms with van der Waals surface area (Å²) >= 11 is 3.36. The Kier molecular flexibility index (Phi) is 3.85. The van der Waals surface area contributed by atoms with Crippen LogP contribution in [-0.2, 0) is 6.61 Å². The van der Waals surface area contributed by atoms with Gasteiger partial charge < -0.3 is 10.5 Å². The average Bonchev–Trinajstić information content (AvgIpc) is 2.38. The van der Waals surface area contributed by atoms with Crippen LogP contribution in [0.2, 0.25) is 0 Å². The normalized spacial score (nSPS) is 9.78. The lowest BCUT2D eigenvalue weighted by Crippen LogP contribution is -2.00. The second-order valence-electron chi connectivity index (χ2n) is 3.77. The Morgan fingerprint density at radius 1 is 1.17 bits per heavy atom. The van der Waals surface area contributed by atoms with E-state index in [2.05, 4.69) is 22.0 Å². The highest BCUT2D eigenvalue weighted by Gasteiger charge is 2.01. The summed E-state index contributed by atoms with van der Waals surface area (Å²) in [6, 6.07) is 14.7. The molecule has 0 radical (unpaired) electrons. The second-order valence-corrected chi connectivity index (χ2v) is 4.68. The van der Waals surface area contributed by atoms with Gasteiger partial charge in [0, 0.05) is 15.7 Å². The maximum Gasteiger partial charge on any atom is 0.119 e. The van der Waals surface area contributed by atoms with E-state index in [-0.39, 0.29) is 0 Å². The number of hydrogen-bond acceptors (Lipinski definition) is 3. The number of rotatable bonds is 3. The fourth-order valence-electron chi connectivity index (χ4n) is 1.48. The van der Waals surface area contributed by atoms with Gasteiger partial charge in [0.2, 0.25) is 0 Å². The summed E-state index contributed by atoms with van der Waals surface area (Å²) in [5, 5.41) is 8.69. The van der Waals surface area contributed by atoms with E-state index in [1.807, 2.05) is 18.2 Å². The van der Waals surface area contributed by atoms with Crippen molar-refractivity contribution < 1.29 is 4.74 Å². The van der Waals surface area contributed by atoms with Gasteiger partial charge in [-0.05, 0) is 36.4 Å². The number of nitrogen functional groups attached to an aromatic ring is 1. The first-order valence-corrected chi connectivity index (χ1v) is 6.15. The summed E-state index contributed by atoms with van der Waals surface area (Å²) in [6.07, 6.45) is 0. The van der Waals surface area contributed by atoms with E-state index in [4.69, 9.17) is 15.7 Å². The highest BCUT2D eigenvalue weighted by molar-refractivity contribution is 9.10. The SMILES string of the molecule is N#Cc1ccc(OCc2ccc(Br)cc2N)cc1. The van der Waals surface area contributed by atoms with E-state index in [1.165, 1.54) is 0 Å². The number of nitriles is 1. The molecule has 0 unspecified atom stereocenters. The Bertz CT molecular complexity index is 588. The molecular formula is C14H11BrN2O. The van der Waals surface area contributed by atoms with E-state index in [1.54, 1.807) is 24.3 Å². The minimum atomic E-state index is 0.408. The van der Waals surface area contributed by atoms with Crippen molar-refractivity contribution in [3.63, 3.8) is 0 Å². The van der Waals surface area contributed by atoms with Gasteiger partial charge in [-0.15, -0.1) is 0 Å². The molecule has 0 aliphatic carbocycles. The predicted octanol–water partition coefficient (Wildman–Crippen LogP) is 3.48. The van der Waals surface area contributed by atoms with Crippen LogP contribution in [0, 0.1) is 11.3 Å². The van der Waals surface area contributed by atoms with E-state index in [0.717, 1.165) is 15.8 Å². The highest BCUT2D eigenvalue weighted by atomic mass is 79.9. The molecule has 2 aromatic carbocycles. The molecule has 0 aliphatic heterocycles. The van der Waals surface area contributed by atoms with Crippen molar-refractivity contribution in [2.75, 3.05) is 5.73 Å². The van der Waals surface area contributed by atoms with Crippen molar-refractivity contribution in [2.45, 2.75) is 6.61 Å². The van der Waals surface area contributed by atoms with Crippen LogP contribution in [0.15, 0.2) is 46.9 Å². The lowest BCUT2D eigenvalue weighted by atomic mass is 10.2. The number of anilines is 1. The third-order valence-corrected chi connectivity index (χ3v) is 2.98. The summed E-state index contributed by atoms with van der Waals surface area (Å²) in [4.78, 5) is 0. The van der Waals surface area contributed by atoms with E-state index >= 15 is 0 Å². The topological polar surface area (TPSA) is 59.0 Å². The standard InChI is InChI=1S/C14H11BrN2O/c15-12-4-3-11(14(17)7-12)9-18-13-5-1-10(8-16)2-6-13/h1-7H,9,17H2. The van der Waals surface area contributed by atoms with Crippen molar-refractivity contribution in [3.8, 4) is 11.8 Å². The molecule has 0 aromatic heterocycles. The molecule has 2 rings (SSSR count). The molecular weight excluding hydrogens is 292 g/mol. The van der Waals surface area contributed by atoms with Crippen LogP contribution in [0.3, 0.4) is 0 Å². The van der Waals surface area contributed by atoms with Crippen LogP contribution in [0.1, 0.15) is 11.1 Å². The molecule has 0 heterocycles. The quantitative estimate of drug-likeness (QED) is 0.883. The number of ether oxygens (including phenoxy) is 1. The Morgan fingerprint density at radius 2 is 1.89 bits per heavy atom. The van der Waals surface area contributed by atoms with Crippen molar-refractivity contribution in [2.24, 2.45) is 0 Å². The van der Waals surface area contributed by atoms with Gasteiger partial charge in [-0.3, -0.25) is 0 Å². The molecule has 18 heavy (non-hydrogen) atoms. The molecule has 0 saturated carbocycles. The molecule has 0 aliphatic rings. The third kappa shape index (κ3) is 3.02. The molecule has 0 fully saturated rings. The van der Waals surface area contributed by atoms with Gasteiger partial charge >= 0.3 is 0 Å². The molecule has 4 heteroatoms. The summed E-state index contributed by atoms with van der Waals surface area (Å²) in [6.45, 7) is 0.408. The number of halogens is 1. The zero-order chi connectivity index (χ0) is 13.0. The molecule has 0 bridgehead atoms. The predicted molar refractivity (Wildman–Crippen MR) is 74.0 cm³/mol.